The fourth-order valence-electron chi connectivity index (χ4n) is 1.93. The Labute approximate surface area is 70.1 Å². The van der Waals surface area contributed by atoms with E-state index < -0.39 is 17.0 Å². The quantitative estimate of drug-likeness (QED) is 0.615. The number of carboxylic acids is 1. The van der Waals surface area contributed by atoms with Gasteiger partial charge in [0.25, 0.3) is 0 Å². The Hall–Kier alpha value is -0.610. The van der Waals surface area contributed by atoms with Crippen LogP contribution >= 0.6 is 0 Å². The predicted molar refractivity (Wildman–Crippen MR) is 39.7 cm³/mol. The molecule has 1 saturated carbocycles. The third-order valence-corrected chi connectivity index (χ3v) is 3.05. The summed E-state index contributed by atoms with van der Waals surface area (Å²) in [5.41, 5.74) is -1.98. The Bertz CT molecular complexity index is 213. The number of aliphatic carboxylic acids is 1. The topological polar surface area (TPSA) is 66.8 Å². The van der Waals surface area contributed by atoms with Crippen LogP contribution in [0.15, 0.2) is 0 Å². The van der Waals surface area contributed by atoms with Gasteiger partial charge in [0, 0.05) is 13.0 Å². The zero-order chi connectivity index (χ0) is 8.82. The van der Waals surface area contributed by atoms with Gasteiger partial charge in [0.05, 0.1) is 12.0 Å². The summed E-state index contributed by atoms with van der Waals surface area (Å²) in [4.78, 5) is 10.9. The molecule has 0 bridgehead atoms. The summed E-state index contributed by atoms with van der Waals surface area (Å²) < 4.78 is 5.02. The van der Waals surface area contributed by atoms with Crippen molar-refractivity contribution in [3.63, 3.8) is 0 Å². The number of hydrogen-bond acceptors (Lipinski definition) is 3. The standard InChI is InChI=1S/C8H12O4/c9-6(10)7(1-2-7)8(11)3-4-12-5-8/h11H,1-5H2,(H,9,10). The van der Waals surface area contributed by atoms with E-state index >= 15 is 0 Å². The van der Waals surface area contributed by atoms with Gasteiger partial charge in [-0.25, -0.2) is 0 Å². The second-order valence-electron chi connectivity index (χ2n) is 3.72. The van der Waals surface area contributed by atoms with E-state index in [0.29, 0.717) is 25.9 Å². The first-order chi connectivity index (χ1) is 5.61. The van der Waals surface area contributed by atoms with Gasteiger partial charge in [-0.2, -0.15) is 0 Å². The van der Waals surface area contributed by atoms with Crippen LogP contribution < -0.4 is 0 Å². The molecule has 4 heteroatoms. The lowest BCUT2D eigenvalue weighted by Gasteiger charge is -2.27. The van der Waals surface area contributed by atoms with E-state index in [0.717, 1.165) is 0 Å². The van der Waals surface area contributed by atoms with Crippen molar-refractivity contribution in [3.05, 3.63) is 0 Å². The minimum absolute atomic E-state index is 0.180. The number of carbonyl (C=O) groups is 1. The first-order valence-corrected chi connectivity index (χ1v) is 4.14. The summed E-state index contributed by atoms with van der Waals surface area (Å²) in [6, 6.07) is 0. The molecule has 0 aromatic heterocycles. The number of ether oxygens (including phenoxy) is 1. The van der Waals surface area contributed by atoms with E-state index in [9.17, 15) is 9.90 Å². The molecule has 2 N–H and O–H groups in total. The Morgan fingerprint density at radius 3 is 2.33 bits per heavy atom. The monoisotopic (exact) mass is 172 g/mol. The van der Waals surface area contributed by atoms with Crippen LogP contribution in [0.5, 0.6) is 0 Å². The lowest BCUT2D eigenvalue weighted by atomic mass is 9.83. The van der Waals surface area contributed by atoms with Crippen LogP contribution in [0.2, 0.25) is 0 Å². The molecule has 2 rings (SSSR count). The van der Waals surface area contributed by atoms with Crippen molar-refractivity contribution in [2.45, 2.75) is 24.9 Å². The molecule has 0 aromatic carbocycles. The van der Waals surface area contributed by atoms with Crippen molar-refractivity contribution < 1.29 is 19.7 Å². The first-order valence-electron chi connectivity index (χ1n) is 4.14. The van der Waals surface area contributed by atoms with Gasteiger partial charge in [0.1, 0.15) is 5.60 Å². The van der Waals surface area contributed by atoms with E-state index in [-0.39, 0.29) is 6.61 Å². The summed E-state index contributed by atoms with van der Waals surface area (Å²) in [5.74, 6) is -0.879. The van der Waals surface area contributed by atoms with E-state index in [4.69, 9.17) is 9.84 Å². The van der Waals surface area contributed by atoms with Crippen molar-refractivity contribution >= 4 is 5.97 Å². The van der Waals surface area contributed by atoms with Gasteiger partial charge in [0.2, 0.25) is 0 Å². The second-order valence-corrected chi connectivity index (χ2v) is 3.72. The molecule has 1 heterocycles. The SMILES string of the molecule is O=C(O)C1(C2(O)CCOC2)CC1. The van der Waals surface area contributed by atoms with Crippen LogP contribution in [0.1, 0.15) is 19.3 Å². The fourth-order valence-corrected chi connectivity index (χ4v) is 1.93. The molecular formula is C8H12O4. The molecule has 2 fully saturated rings. The molecule has 1 aliphatic carbocycles. The zero-order valence-electron chi connectivity index (χ0n) is 6.75. The summed E-state index contributed by atoms with van der Waals surface area (Å²) in [7, 11) is 0. The van der Waals surface area contributed by atoms with Crippen LogP contribution in [0.25, 0.3) is 0 Å². The van der Waals surface area contributed by atoms with Gasteiger partial charge in [0.15, 0.2) is 0 Å². The van der Waals surface area contributed by atoms with Gasteiger partial charge >= 0.3 is 5.97 Å². The maximum atomic E-state index is 10.9. The Kier molecular flexibility index (Phi) is 1.47. The minimum Gasteiger partial charge on any atom is -0.481 e. The highest BCUT2D eigenvalue weighted by Gasteiger charge is 2.65. The van der Waals surface area contributed by atoms with Crippen LogP contribution in [-0.4, -0.2) is 35.0 Å². The maximum Gasteiger partial charge on any atom is 0.312 e. The third kappa shape index (κ3) is 0.820. The third-order valence-electron chi connectivity index (χ3n) is 3.05. The average Bonchev–Trinajstić information content (AvgIpc) is 2.72. The number of carboxylic acid groups (broad SMARTS) is 1. The minimum atomic E-state index is -1.10. The molecule has 0 amide bonds. The van der Waals surface area contributed by atoms with Crippen LogP contribution in [0, 0.1) is 5.41 Å². The number of hydrogen-bond donors (Lipinski definition) is 2. The smallest absolute Gasteiger partial charge is 0.312 e. The predicted octanol–water partition coefficient (Wildman–Crippen LogP) is 0.00260. The van der Waals surface area contributed by atoms with Crippen LogP contribution in [0.3, 0.4) is 0 Å². The Morgan fingerprint density at radius 2 is 2.00 bits per heavy atom. The molecule has 4 nitrogen and oxygen atoms in total. The average molecular weight is 172 g/mol. The molecule has 68 valence electrons. The van der Waals surface area contributed by atoms with E-state index in [1.165, 1.54) is 0 Å². The molecule has 0 aromatic rings. The molecule has 1 atom stereocenters. The summed E-state index contributed by atoms with van der Waals surface area (Å²) >= 11 is 0. The van der Waals surface area contributed by atoms with Crippen molar-refractivity contribution in [2.24, 2.45) is 5.41 Å². The number of aliphatic hydroxyl groups is 1. The van der Waals surface area contributed by atoms with Gasteiger partial charge in [-0.1, -0.05) is 0 Å². The first kappa shape index (κ1) is 8.01. The van der Waals surface area contributed by atoms with Crippen molar-refractivity contribution in [1.82, 2.24) is 0 Å². The van der Waals surface area contributed by atoms with Gasteiger partial charge < -0.3 is 14.9 Å². The van der Waals surface area contributed by atoms with Crippen molar-refractivity contribution in [2.75, 3.05) is 13.2 Å². The largest absolute Gasteiger partial charge is 0.481 e. The lowest BCUT2D eigenvalue weighted by Crippen LogP contribution is -2.44. The highest BCUT2D eigenvalue weighted by atomic mass is 16.5. The summed E-state index contributed by atoms with van der Waals surface area (Å²) in [6.07, 6.45) is 1.63. The van der Waals surface area contributed by atoms with Gasteiger partial charge in [-0.15, -0.1) is 0 Å². The van der Waals surface area contributed by atoms with E-state index in [1.807, 2.05) is 0 Å². The highest BCUT2D eigenvalue weighted by Crippen LogP contribution is 2.56. The molecule has 1 saturated heterocycles. The van der Waals surface area contributed by atoms with E-state index in [2.05, 4.69) is 0 Å². The second kappa shape index (κ2) is 2.20. The maximum absolute atomic E-state index is 10.9. The summed E-state index contributed by atoms with van der Waals surface area (Å²) in [5, 5.41) is 18.9. The zero-order valence-corrected chi connectivity index (χ0v) is 6.75. The Balaban J connectivity index is 2.22. The molecular weight excluding hydrogens is 160 g/mol. The summed E-state index contributed by atoms with van der Waals surface area (Å²) in [6.45, 7) is 0.658. The molecule has 1 aliphatic heterocycles. The fraction of sp³-hybridized carbons (Fsp3) is 0.875. The van der Waals surface area contributed by atoms with Gasteiger partial charge in [-0.05, 0) is 12.8 Å². The Morgan fingerprint density at radius 1 is 1.33 bits per heavy atom. The molecule has 0 spiro atoms. The van der Waals surface area contributed by atoms with E-state index in [1.54, 1.807) is 0 Å². The number of rotatable bonds is 2. The van der Waals surface area contributed by atoms with Crippen LogP contribution in [0.4, 0.5) is 0 Å². The van der Waals surface area contributed by atoms with Crippen molar-refractivity contribution in [1.29, 1.82) is 0 Å². The molecule has 1 unspecified atom stereocenters. The highest BCUT2D eigenvalue weighted by molar-refractivity contribution is 5.79. The lowest BCUT2D eigenvalue weighted by molar-refractivity contribution is -0.155. The van der Waals surface area contributed by atoms with Crippen LogP contribution in [-0.2, 0) is 9.53 Å². The van der Waals surface area contributed by atoms with Crippen molar-refractivity contribution in [3.8, 4) is 0 Å². The molecule has 0 radical (unpaired) electrons. The van der Waals surface area contributed by atoms with Gasteiger partial charge in [-0.3, -0.25) is 4.79 Å². The molecule has 12 heavy (non-hydrogen) atoms. The molecule has 2 aliphatic rings. The normalized spacial score (nSPS) is 38.1.